The number of carbonyl (C=O) groups excluding carboxylic acids is 1. The van der Waals surface area contributed by atoms with Crippen molar-refractivity contribution in [2.75, 3.05) is 17.7 Å². The maximum Gasteiger partial charge on any atom is 0.324 e. The third-order valence-electron chi connectivity index (χ3n) is 2.25. The third-order valence-corrected chi connectivity index (χ3v) is 2.25. The fourth-order valence-electron chi connectivity index (χ4n) is 1.39. The molecule has 0 aliphatic heterocycles. The minimum absolute atomic E-state index is 0.334. The van der Waals surface area contributed by atoms with Crippen LogP contribution in [0.15, 0.2) is 48.7 Å². The first-order chi connectivity index (χ1) is 8.78. The molecule has 2 amide bonds. The van der Waals surface area contributed by atoms with Gasteiger partial charge in [0.25, 0.3) is 0 Å². The number of aromatic nitrogens is 1. The number of nitrogens with zero attached hydrogens (tertiary/aromatic N) is 1. The van der Waals surface area contributed by atoms with Crippen LogP contribution in [0.25, 0.3) is 0 Å². The van der Waals surface area contributed by atoms with Crippen molar-refractivity contribution in [2.24, 2.45) is 0 Å². The van der Waals surface area contributed by atoms with E-state index >= 15 is 0 Å². The molecule has 92 valence electrons. The molecule has 0 radical (unpaired) electrons. The SMILES string of the molecule is COc1ccc(NC(=O)Nc2ccccn2)cc1. The summed E-state index contributed by atoms with van der Waals surface area (Å²) in [4.78, 5) is 15.6. The topological polar surface area (TPSA) is 63.2 Å². The lowest BCUT2D eigenvalue weighted by atomic mass is 10.3. The highest BCUT2D eigenvalue weighted by molar-refractivity contribution is 5.99. The molecule has 2 rings (SSSR count). The number of amides is 2. The summed E-state index contributed by atoms with van der Waals surface area (Å²) in [6, 6.07) is 12.0. The third kappa shape index (κ3) is 3.21. The minimum atomic E-state index is -0.334. The van der Waals surface area contributed by atoms with Crippen molar-refractivity contribution >= 4 is 17.5 Å². The van der Waals surface area contributed by atoms with Gasteiger partial charge in [0.05, 0.1) is 7.11 Å². The minimum Gasteiger partial charge on any atom is -0.497 e. The van der Waals surface area contributed by atoms with Crippen LogP contribution in [0.3, 0.4) is 0 Å². The molecule has 0 bridgehead atoms. The summed E-state index contributed by atoms with van der Waals surface area (Å²) < 4.78 is 5.03. The van der Waals surface area contributed by atoms with Gasteiger partial charge in [-0.2, -0.15) is 0 Å². The molecule has 1 heterocycles. The van der Waals surface area contributed by atoms with Crippen LogP contribution in [0, 0.1) is 0 Å². The lowest BCUT2D eigenvalue weighted by Crippen LogP contribution is -2.19. The van der Waals surface area contributed by atoms with E-state index in [1.54, 1.807) is 55.8 Å². The van der Waals surface area contributed by atoms with Crippen LogP contribution in [-0.4, -0.2) is 18.1 Å². The molecular weight excluding hydrogens is 230 g/mol. The molecule has 0 saturated carbocycles. The smallest absolute Gasteiger partial charge is 0.324 e. The lowest BCUT2D eigenvalue weighted by Gasteiger charge is -2.07. The summed E-state index contributed by atoms with van der Waals surface area (Å²) in [7, 11) is 1.59. The number of hydrogen-bond acceptors (Lipinski definition) is 3. The van der Waals surface area contributed by atoms with Gasteiger partial charge in [-0.3, -0.25) is 5.32 Å². The van der Waals surface area contributed by atoms with Gasteiger partial charge >= 0.3 is 6.03 Å². The summed E-state index contributed by atoms with van der Waals surface area (Å²) in [6.45, 7) is 0. The molecule has 5 heteroatoms. The van der Waals surface area contributed by atoms with Crippen molar-refractivity contribution in [2.45, 2.75) is 0 Å². The van der Waals surface area contributed by atoms with Gasteiger partial charge in [-0.1, -0.05) is 6.07 Å². The Hall–Kier alpha value is -2.56. The number of ether oxygens (including phenoxy) is 1. The van der Waals surface area contributed by atoms with Gasteiger partial charge in [0.2, 0.25) is 0 Å². The molecule has 0 saturated heterocycles. The maximum absolute atomic E-state index is 11.6. The number of pyridine rings is 1. The quantitative estimate of drug-likeness (QED) is 0.871. The van der Waals surface area contributed by atoms with E-state index in [9.17, 15) is 4.79 Å². The first-order valence-corrected chi connectivity index (χ1v) is 5.41. The van der Waals surface area contributed by atoms with E-state index in [1.807, 2.05) is 0 Å². The molecule has 0 spiro atoms. The van der Waals surface area contributed by atoms with Crippen molar-refractivity contribution in [1.29, 1.82) is 0 Å². The van der Waals surface area contributed by atoms with Crippen molar-refractivity contribution < 1.29 is 9.53 Å². The van der Waals surface area contributed by atoms with E-state index in [0.717, 1.165) is 5.75 Å². The molecule has 1 aromatic heterocycles. The van der Waals surface area contributed by atoms with Crippen molar-refractivity contribution in [3.8, 4) is 5.75 Å². The zero-order chi connectivity index (χ0) is 12.8. The zero-order valence-corrected chi connectivity index (χ0v) is 9.88. The van der Waals surface area contributed by atoms with Gasteiger partial charge in [-0.25, -0.2) is 9.78 Å². The molecule has 18 heavy (non-hydrogen) atoms. The van der Waals surface area contributed by atoms with Gasteiger partial charge in [-0.15, -0.1) is 0 Å². The van der Waals surface area contributed by atoms with E-state index in [1.165, 1.54) is 0 Å². The standard InChI is InChI=1S/C13H13N3O2/c1-18-11-7-5-10(6-8-11)15-13(17)16-12-4-2-3-9-14-12/h2-9H,1H3,(H2,14,15,16,17). The van der Waals surface area contributed by atoms with Crippen LogP contribution in [0.4, 0.5) is 16.3 Å². The summed E-state index contributed by atoms with van der Waals surface area (Å²) in [5.74, 6) is 1.24. The number of benzene rings is 1. The second-order valence-electron chi connectivity index (χ2n) is 3.52. The second kappa shape index (κ2) is 5.67. The van der Waals surface area contributed by atoms with Gasteiger partial charge in [-0.05, 0) is 36.4 Å². The van der Waals surface area contributed by atoms with Crippen LogP contribution in [0.2, 0.25) is 0 Å². The van der Waals surface area contributed by atoms with Crippen LogP contribution in [-0.2, 0) is 0 Å². The average Bonchev–Trinajstić information content (AvgIpc) is 2.40. The summed E-state index contributed by atoms with van der Waals surface area (Å²) in [5, 5.41) is 5.32. The summed E-state index contributed by atoms with van der Waals surface area (Å²) in [5.41, 5.74) is 0.684. The van der Waals surface area contributed by atoms with Crippen molar-refractivity contribution in [1.82, 2.24) is 4.98 Å². The van der Waals surface area contributed by atoms with Crippen LogP contribution in [0.1, 0.15) is 0 Å². The Morgan fingerprint density at radius 1 is 1.11 bits per heavy atom. The number of methoxy groups -OCH3 is 1. The highest BCUT2D eigenvalue weighted by Gasteiger charge is 2.02. The molecule has 0 atom stereocenters. The fraction of sp³-hybridized carbons (Fsp3) is 0.0769. The Bertz CT molecular complexity index is 512. The van der Waals surface area contributed by atoms with E-state index in [2.05, 4.69) is 15.6 Å². The zero-order valence-electron chi connectivity index (χ0n) is 9.88. The van der Waals surface area contributed by atoms with Crippen molar-refractivity contribution in [3.63, 3.8) is 0 Å². The molecule has 2 N–H and O–H groups in total. The lowest BCUT2D eigenvalue weighted by molar-refractivity contribution is 0.262. The Kier molecular flexibility index (Phi) is 3.76. The Morgan fingerprint density at radius 2 is 1.89 bits per heavy atom. The predicted molar refractivity (Wildman–Crippen MR) is 69.9 cm³/mol. The number of anilines is 2. The predicted octanol–water partition coefficient (Wildman–Crippen LogP) is 2.73. The van der Waals surface area contributed by atoms with E-state index in [-0.39, 0.29) is 6.03 Å². The fourth-order valence-corrected chi connectivity index (χ4v) is 1.39. The highest BCUT2D eigenvalue weighted by Crippen LogP contribution is 2.15. The highest BCUT2D eigenvalue weighted by atomic mass is 16.5. The first-order valence-electron chi connectivity index (χ1n) is 5.41. The van der Waals surface area contributed by atoms with Gasteiger partial charge < -0.3 is 10.1 Å². The molecule has 2 aromatic rings. The Balaban J connectivity index is 1.94. The molecule has 1 aromatic carbocycles. The molecular formula is C13H13N3O2. The Labute approximate surface area is 105 Å². The number of nitrogens with one attached hydrogen (secondary N) is 2. The largest absolute Gasteiger partial charge is 0.497 e. The maximum atomic E-state index is 11.6. The first kappa shape index (κ1) is 11.9. The normalized spacial score (nSPS) is 9.61. The number of hydrogen-bond donors (Lipinski definition) is 2. The molecule has 0 fully saturated rings. The van der Waals surface area contributed by atoms with Gasteiger partial charge in [0, 0.05) is 11.9 Å². The number of rotatable bonds is 3. The van der Waals surface area contributed by atoms with Crippen molar-refractivity contribution in [3.05, 3.63) is 48.7 Å². The molecule has 0 aliphatic carbocycles. The average molecular weight is 243 g/mol. The second-order valence-corrected chi connectivity index (χ2v) is 3.52. The van der Waals surface area contributed by atoms with Gasteiger partial charge in [0.1, 0.15) is 11.6 Å². The molecule has 0 aliphatic rings. The van der Waals surface area contributed by atoms with Crippen LogP contribution < -0.4 is 15.4 Å². The van der Waals surface area contributed by atoms with E-state index in [0.29, 0.717) is 11.5 Å². The molecule has 0 unspecified atom stereocenters. The van der Waals surface area contributed by atoms with Gasteiger partial charge in [0.15, 0.2) is 0 Å². The van der Waals surface area contributed by atoms with Crippen LogP contribution >= 0.6 is 0 Å². The number of urea groups is 1. The summed E-state index contributed by atoms with van der Waals surface area (Å²) >= 11 is 0. The summed E-state index contributed by atoms with van der Waals surface area (Å²) in [6.07, 6.45) is 1.61. The number of carbonyl (C=O) groups is 1. The van der Waals surface area contributed by atoms with Crippen LogP contribution in [0.5, 0.6) is 5.75 Å². The van der Waals surface area contributed by atoms with E-state index in [4.69, 9.17) is 4.74 Å². The Morgan fingerprint density at radius 3 is 2.50 bits per heavy atom. The monoisotopic (exact) mass is 243 g/mol. The van der Waals surface area contributed by atoms with E-state index < -0.39 is 0 Å². The molecule has 5 nitrogen and oxygen atoms in total.